The molecule has 1 amide bonds. The lowest BCUT2D eigenvalue weighted by Crippen LogP contribution is -2.35. The van der Waals surface area contributed by atoms with Crippen molar-refractivity contribution in [2.75, 3.05) is 13.7 Å². The van der Waals surface area contributed by atoms with Crippen LogP contribution in [0.1, 0.15) is 29.2 Å². The average Bonchev–Trinajstić information content (AvgIpc) is 2.94. The van der Waals surface area contributed by atoms with Gasteiger partial charge in [-0.05, 0) is 43.9 Å². The Bertz CT molecular complexity index is 693. The van der Waals surface area contributed by atoms with Gasteiger partial charge in [0.15, 0.2) is 0 Å². The summed E-state index contributed by atoms with van der Waals surface area (Å²) in [6, 6.07) is 7.95. The van der Waals surface area contributed by atoms with Crippen LogP contribution in [0.25, 0.3) is 0 Å². The van der Waals surface area contributed by atoms with Crippen LogP contribution in [0.3, 0.4) is 0 Å². The quantitative estimate of drug-likeness (QED) is 0.889. The highest BCUT2D eigenvalue weighted by Crippen LogP contribution is 2.24. The molecule has 1 aliphatic rings. The smallest absolute Gasteiger partial charge is 0.223 e. The van der Waals surface area contributed by atoms with Crippen molar-refractivity contribution in [2.24, 2.45) is 5.92 Å². The number of aromatic amines is 1. The molecule has 0 fully saturated rings. The second kappa shape index (κ2) is 6.86. The third-order valence-corrected chi connectivity index (χ3v) is 4.38. The zero-order chi connectivity index (χ0) is 16.2. The Balaban J connectivity index is 1.50. The van der Waals surface area contributed by atoms with E-state index in [0.29, 0.717) is 6.54 Å². The molecule has 0 unspecified atom stereocenters. The van der Waals surface area contributed by atoms with Crippen molar-refractivity contribution in [2.45, 2.75) is 32.6 Å². The molecule has 5 heteroatoms. The molecule has 2 N–H and O–H groups in total. The molecule has 0 spiro atoms. The lowest BCUT2D eigenvalue weighted by Gasteiger charge is -2.20. The van der Waals surface area contributed by atoms with Gasteiger partial charge in [-0.2, -0.15) is 0 Å². The molecule has 1 aliphatic carbocycles. The van der Waals surface area contributed by atoms with Gasteiger partial charge in [0.1, 0.15) is 11.6 Å². The van der Waals surface area contributed by atoms with E-state index >= 15 is 0 Å². The standard InChI is InChI=1S/C18H23N3O2/c1-12-20-16-7-6-14(11-17(16)21-12)18(22)19-9-8-13-4-3-5-15(10-13)23-2/h3-5,10,14H,6-9,11H2,1-2H3,(H,19,22)(H,20,21)/t14-/m1/s1. The Morgan fingerprint density at radius 1 is 1.48 bits per heavy atom. The summed E-state index contributed by atoms with van der Waals surface area (Å²) in [5.41, 5.74) is 3.42. The van der Waals surface area contributed by atoms with Crippen LogP contribution in [0, 0.1) is 12.8 Å². The number of aryl methyl sites for hydroxylation is 2. The zero-order valence-corrected chi connectivity index (χ0v) is 13.7. The van der Waals surface area contributed by atoms with Gasteiger partial charge in [-0.3, -0.25) is 4.79 Å². The minimum Gasteiger partial charge on any atom is -0.497 e. The molecule has 1 heterocycles. The van der Waals surface area contributed by atoms with Crippen molar-refractivity contribution >= 4 is 5.91 Å². The Morgan fingerprint density at radius 3 is 3.17 bits per heavy atom. The number of carbonyl (C=O) groups is 1. The second-order valence-corrected chi connectivity index (χ2v) is 6.08. The van der Waals surface area contributed by atoms with Gasteiger partial charge in [-0.15, -0.1) is 0 Å². The zero-order valence-electron chi connectivity index (χ0n) is 13.7. The molecule has 3 rings (SSSR count). The molecular formula is C18H23N3O2. The minimum absolute atomic E-state index is 0.0488. The largest absolute Gasteiger partial charge is 0.497 e. The van der Waals surface area contributed by atoms with Crippen molar-refractivity contribution in [3.8, 4) is 5.75 Å². The number of hydrogen-bond donors (Lipinski definition) is 2. The summed E-state index contributed by atoms with van der Waals surface area (Å²) in [5.74, 6) is 1.98. The van der Waals surface area contributed by atoms with Crippen molar-refractivity contribution in [1.29, 1.82) is 0 Å². The Kier molecular flexibility index (Phi) is 4.65. The van der Waals surface area contributed by atoms with Gasteiger partial charge in [-0.1, -0.05) is 12.1 Å². The van der Waals surface area contributed by atoms with E-state index in [4.69, 9.17) is 4.74 Å². The highest BCUT2D eigenvalue weighted by Gasteiger charge is 2.26. The predicted molar refractivity (Wildman–Crippen MR) is 88.5 cm³/mol. The number of ether oxygens (including phenoxy) is 1. The Morgan fingerprint density at radius 2 is 2.35 bits per heavy atom. The molecule has 0 bridgehead atoms. The van der Waals surface area contributed by atoms with E-state index in [1.807, 2.05) is 25.1 Å². The van der Waals surface area contributed by atoms with Crippen molar-refractivity contribution in [3.05, 3.63) is 47.0 Å². The van der Waals surface area contributed by atoms with E-state index in [1.54, 1.807) is 7.11 Å². The highest BCUT2D eigenvalue weighted by molar-refractivity contribution is 5.79. The van der Waals surface area contributed by atoms with Crippen LogP contribution in [-0.2, 0) is 24.1 Å². The summed E-state index contributed by atoms with van der Waals surface area (Å²) < 4.78 is 5.22. The van der Waals surface area contributed by atoms with E-state index in [1.165, 1.54) is 5.56 Å². The molecule has 0 saturated carbocycles. The fraction of sp³-hybridized carbons (Fsp3) is 0.444. The molecule has 0 saturated heterocycles. The van der Waals surface area contributed by atoms with Gasteiger partial charge >= 0.3 is 0 Å². The number of nitrogens with one attached hydrogen (secondary N) is 2. The summed E-state index contributed by atoms with van der Waals surface area (Å²) in [4.78, 5) is 20.1. The number of benzene rings is 1. The number of fused-ring (bicyclic) bond motifs is 1. The number of hydrogen-bond acceptors (Lipinski definition) is 3. The maximum Gasteiger partial charge on any atom is 0.223 e. The first-order valence-corrected chi connectivity index (χ1v) is 8.10. The summed E-state index contributed by atoms with van der Waals surface area (Å²) in [5, 5.41) is 3.06. The summed E-state index contributed by atoms with van der Waals surface area (Å²) in [7, 11) is 1.66. The SMILES string of the molecule is COc1cccc(CCNC(=O)[C@@H]2CCc3nc(C)[nH]c3C2)c1. The summed E-state index contributed by atoms with van der Waals surface area (Å²) in [6.07, 6.45) is 3.33. The molecule has 1 aromatic heterocycles. The van der Waals surface area contributed by atoms with Crippen LogP contribution < -0.4 is 10.1 Å². The first-order valence-electron chi connectivity index (χ1n) is 8.10. The molecule has 2 aromatic rings. The predicted octanol–water partition coefficient (Wildman–Crippen LogP) is 2.19. The third-order valence-electron chi connectivity index (χ3n) is 4.38. The monoisotopic (exact) mass is 313 g/mol. The number of methoxy groups -OCH3 is 1. The van der Waals surface area contributed by atoms with Gasteiger partial charge in [0.2, 0.25) is 5.91 Å². The number of H-pyrrole nitrogens is 1. The lowest BCUT2D eigenvalue weighted by molar-refractivity contribution is -0.125. The van der Waals surface area contributed by atoms with E-state index in [2.05, 4.69) is 21.4 Å². The molecule has 0 radical (unpaired) electrons. The van der Waals surface area contributed by atoms with E-state index in [9.17, 15) is 4.79 Å². The molecule has 1 aromatic carbocycles. The molecule has 23 heavy (non-hydrogen) atoms. The molecule has 122 valence electrons. The average molecular weight is 313 g/mol. The number of aromatic nitrogens is 2. The molecule has 0 aliphatic heterocycles. The first kappa shape index (κ1) is 15.6. The Labute approximate surface area is 136 Å². The maximum absolute atomic E-state index is 12.4. The first-order chi connectivity index (χ1) is 11.2. The van der Waals surface area contributed by atoms with E-state index < -0.39 is 0 Å². The van der Waals surface area contributed by atoms with Crippen LogP contribution in [0.2, 0.25) is 0 Å². The summed E-state index contributed by atoms with van der Waals surface area (Å²) in [6.45, 7) is 2.61. The summed E-state index contributed by atoms with van der Waals surface area (Å²) >= 11 is 0. The molecule has 5 nitrogen and oxygen atoms in total. The van der Waals surface area contributed by atoms with Crippen LogP contribution >= 0.6 is 0 Å². The fourth-order valence-corrected chi connectivity index (χ4v) is 3.15. The van der Waals surface area contributed by atoms with E-state index in [0.717, 1.165) is 48.6 Å². The van der Waals surface area contributed by atoms with Gasteiger partial charge < -0.3 is 15.0 Å². The van der Waals surface area contributed by atoms with E-state index in [-0.39, 0.29) is 11.8 Å². The van der Waals surface area contributed by atoms with Crippen molar-refractivity contribution in [1.82, 2.24) is 15.3 Å². The second-order valence-electron chi connectivity index (χ2n) is 6.08. The van der Waals surface area contributed by atoms with Gasteiger partial charge in [-0.25, -0.2) is 4.98 Å². The van der Waals surface area contributed by atoms with Crippen LogP contribution in [0.15, 0.2) is 24.3 Å². The normalized spacial score (nSPS) is 16.7. The van der Waals surface area contributed by atoms with Gasteiger partial charge in [0.05, 0.1) is 12.8 Å². The Hall–Kier alpha value is -2.30. The lowest BCUT2D eigenvalue weighted by atomic mass is 9.89. The van der Waals surface area contributed by atoms with Crippen molar-refractivity contribution in [3.63, 3.8) is 0 Å². The van der Waals surface area contributed by atoms with Crippen LogP contribution in [0.5, 0.6) is 5.75 Å². The van der Waals surface area contributed by atoms with Crippen molar-refractivity contribution < 1.29 is 9.53 Å². The number of nitrogens with zero attached hydrogens (tertiary/aromatic N) is 1. The minimum atomic E-state index is 0.0488. The number of rotatable bonds is 5. The van der Waals surface area contributed by atoms with Gasteiger partial charge in [0.25, 0.3) is 0 Å². The third kappa shape index (κ3) is 3.73. The fourth-order valence-electron chi connectivity index (χ4n) is 3.15. The van der Waals surface area contributed by atoms with Gasteiger partial charge in [0, 0.05) is 24.6 Å². The van der Waals surface area contributed by atoms with Crippen LogP contribution in [0.4, 0.5) is 0 Å². The number of imidazole rings is 1. The number of amides is 1. The topological polar surface area (TPSA) is 67.0 Å². The highest BCUT2D eigenvalue weighted by atomic mass is 16.5. The molecular weight excluding hydrogens is 290 g/mol. The van der Waals surface area contributed by atoms with Crippen LogP contribution in [-0.4, -0.2) is 29.5 Å². The maximum atomic E-state index is 12.4. The molecule has 1 atom stereocenters. The number of carbonyl (C=O) groups excluding carboxylic acids is 1.